The van der Waals surface area contributed by atoms with Crippen LogP contribution in [-0.4, -0.2) is 24.5 Å². The average Bonchev–Trinajstić information content (AvgIpc) is 2.61. The number of aryl methyl sites for hydroxylation is 2. The first-order chi connectivity index (χ1) is 12.0. The molecule has 0 fully saturated rings. The SMILES string of the molecule is CC[C@@H](Oc1cc(C)ccc1C)C(=O)N1CC(=O)Nc2ccccc21. The Morgan fingerprint density at radius 1 is 1.24 bits per heavy atom. The molecule has 0 aromatic heterocycles. The van der Waals surface area contributed by atoms with Gasteiger partial charge >= 0.3 is 0 Å². The van der Waals surface area contributed by atoms with E-state index in [2.05, 4.69) is 5.32 Å². The van der Waals surface area contributed by atoms with Crippen LogP contribution in [0.1, 0.15) is 24.5 Å². The molecule has 25 heavy (non-hydrogen) atoms. The Morgan fingerprint density at radius 3 is 2.76 bits per heavy atom. The number of rotatable bonds is 4. The zero-order valence-corrected chi connectivity index (χ0v) is 14.7. The van der Waals surface area contributed by atoms with Gasteiger partial charge in [-0.25, -0.2) is 0 Å². The van der Waals surface area contributed by atoms with Gasteiger partial charge in [0, 0.05) is 0 Å². The molecular weight excluding hydrogens is 316 g/mol. The van der Waals surface area contributed by atoms with Crippen molar-refractivity contribution in [2.75, 3.05) is 16.8 Å². The number of nitrogens with zero attached hydrogens (tertiary/aromatic N) is 1. The van der Waals surface area contributed by atoms with Crippen molar-refractivity contribution in [1.29, 1.82) is 0 Å². The monoisotopic (exact) mass is 338 g/mol. The third-order valence-electron chi connectivity index (χ3n) is 4.30. The summed E-state index contributed by atoms with van der Waals surface area (Å²) < 4.78 is 6.02. The second-order valence-corrected chi connectivity index (χ2v) is 6.27. The summed E-state index contributed by atoms with van der Waals surface area (Å²) in [5.74, 6) is 0.300. The van der Waals surface area contributed by atoms with Crippen LogP contribution in [-0.2, 0) is 9.59 Å². The zero-order valence-electron chi connectivity index (χ0n) is 14.7. The van der Waals surface area contributed by atoms with Gasteiger partial charge < -0.3 is 10.1 Å². The lowest BCUT2D eigenvalue weighted by atomic mass is 10.1. The number of ether oxygens (including phenoxy) is 1. The molecule has 0 saturated carbocycles. The summed E-state index contributed by atoms with van der Waals surface area (Å²) in [5, 5.41) is 2.79. The highest BCUT2D eigenvalue weighted by Gasteiger charge is 2.32. The molecule has 1 aliphatic rings. The smallest absolute Gasteiger partial charge is 0.268 e. The number of hydrogen-bond donors (Lipinski definition) is 1. The summed E-state index contributed by atoms with van der Waals surface area (Å²) >= 11 is 0. The first kappa shape index (κ1) is 17.0. The molecule has 2 aromatic rings. The lowest BCUT2D eigenvalue weighted by molar-refractivity contribution is -0.127. The van der Waals surface area contributed by atoms with E-state index >= 15 is 0 Å². The maximum Gasteiger partial charge on any atom is 0.268 e. The van der Waals surface area contributed by atoms with Gasteiger partial charge in [0.2, 0.25) is 5.91 Å². The van der Waals surface area contributed by atoms with Gasteiger partial charge in [0.25, 0.3) is 5.91 Å². The Kier molecular flexibility index (Phi) is 4.74. The first-order valence-corrected chi connectivity index (χ1v) is 8.43. The molecule has 130 valence electrons. The van der Waals surface area contributed by atoms with Crippen LogP contribution < -0.4 is 15.0 Å². The van der Waals surface area contributed by atoms with Gasteiger partial charge in [-0.15, -0.1) is 0 Å². The van der Waals surface area contributed by atoms with E-state index in [0.717, 1.165) is 11.1 Å². The number of fused-ring (bicyclic) bond motifs is 1. The van der Waals surface area contributed by atoms with Crippen LogP contribution in [0.25, 0.3) is 0 Å². The summed E-state index contributed by atoms with van der Waals surface area (Å²) in [7, 11) is 0. The Morgan fingerprint density at radius 2 is 2.00 bits per heavy atom. The third-order valence-corrected chi connectivity index (χ3v) is 4.30. The number of hydrogen-bond acceptors (Lipinski definition) is 3. The Hall–Kier alpha value is -2.82. The molecule has 1 atom stereocenters. The van der Waals surface area contributed by atoms with Crippen molar-refractivity contribution in [1.82, 2.24) is 0 Å². The van der Waals surface area contributed by atoms with E-state index in [9.17, 15) is 9.59 Å². The molecule has 1 N–H and O–H groups in total. The Balaban J connectivity index is 1.88. The highest BCUT2D eigenvalue weighted by molar-refractivity contribution is 6.11. The summed E-state index contributed by atoms with van der Waals surface area (Å²) in [5.41, 5.74) is 3.41. The van der Waals surface area contributed by atoms with Crippen LogP contribution in [0.2, 0.25) is 0 Å². The highest BCUT2D eigenvalue weighted by atomic mass is 16.5. The average molecular weight is 338 g/mol. The number of carbonyl (C=O) groups excluding carboxylic acids is 2. The molecule has 0 saturated heterocycles. The molecular formula is C20H22N2O3. The molecule has 2 aromatic carbocycles. The lowest BCUT2D eigenvalue weighted by Crippen LogP contribution is -2.48. The van der Waals surface area contributed by atoms with E-state index in [-0.39, 0.29) is 18.4 Å². The predicted molar refractivity (Wildman–Crippen MR) is 98.0 cm³/mol. The number of carbonyl (C=O) groups is 2. The van der Waals surface area contributed by atoms with Gasteiger partial charge in [-0.3, -0.25) is 14.5 Å². The maximum atomic E-state index is 13.1. The third kappa shape index (κ3) is 3.50. The predicted octanol–water partition coefficient (Wildman–Crippen LogP) is 3.45. The standard InChI is InChI=1S/C20H22N2O3/c1-4-17(25-18-11-13(2)9-10-14(18)3)20(24)22-12-19(23)21-15-7-5-6-8-16(15)22/h5-11,17H,4,12H2,1-3H3,(H,21,23)/t17-/m1/s1. The van der Waals surface area contributed by atoms with E-state index < -0.39 is 6.10 Å². The fourth-order valence-electron chi connectivity index (χ4n) is 2.90. The molecule has 5 heteroatoms. The number of benzene rings is 2. The summed E-state index contributed by atoms with van der Waals surface area (Å²) in [6, 6.07) is 13.2. The van der Waals surface area contributed by atoms with Crippen molar-refractivity contribution >= 4 is 23.2 Å². The molecule has 3 rings (SSSR count). The molecule has 0 spiro atoms. The quantitative estimate of drug-likeness (QED) is 0.929. The van der Waals surface area contributed by atoms with E-state index in [1.165, 1.54) is 4.90 Å². The molecule has 0 bridgehead atoms. The summed E-state index contributed by atoms with van der Waals surface area (Å²) in [6.07, 6.45) is -0.119. The largest absolute Gasteiger partial charge is 0.480 e. The van der Waals surface area contributed by atoms with Crippen molar-refractivity contribution in [3.8, 4) is 5.75 Å². The minimum Gasteiger partial charge on any atom is -0.480 e. The van der Waals surface area contributed by atoms with Crippen LogP contribution >= 0.6 is 0 Å². The number of nitrogens with one attached hydrogen (secondary N) is 1. The van der Waals surface area contributed by atoms with Gasteiger partial charge in [-0.1, -0.05) is 31.2 Å². The van der Waals surface area contributed by atoms with Gasteiger partial charge in [-0.05, 0) is 49.6 Å². The molecule has 1 aliphatic heterocycles. The van der Waals surface area contributed by atoms with E-state index in [4.69, 9.17) is 4.74 Å². The summed E-state index contributed by atoms with van der Waals surface area (Å²) in [6.45, 7) is 5.85. The van der Waals surface area contributed by atoms with E-state index in [1.807, 2.05) is 57.2 Å². The molecule has 2 amide bonds. The minimum atomic E-state index is -0.639. The summed E-state index contributed by atoms with van der Waals surface area (Å²) in [4.78, 5) is 26.5. The van der Waals surface area contributed by atoms with Crippen molar-refractivity contribution < 1.29 is 14.3 Å². The topological polar surface area (TPSA) is 58.6 Å². The molecule has 5 nitrogen and oxygen atoms in total. The normalized spacial score (nSPS) is 14.5. The van der Waals surface area contributed by atoms with Crippen molar-refractivity contribution in [2.24, 2.45) is 0 Å². The van der Waals surface area contributed by atoms with Crippen LogP contribution in [0.5, 0.6) is 5.75 Å². The molecule has 1 heterocycles. The molecule has 0 radical (unpaired) electrons. The van der Waals surface area contributed by atoms with Crippen LogP contribution in [0.4, 0.5) is 11.4 Å². The fourth-order valence-corrected chi connectivity index (χ4v) is 2.90. The number of amides is 2. The van der Waals surface area contributed by atoms with Gasteiger partial charge in [-0.2, -0.15) is 0 Å². The fraction of sp³-hybridized carbons (Fsp3) is 0.300. The van der Waals surface area contributed by atoms with Crippen molar-refractivity contribution in [3.05, 3.63) is 53.6 Å². The van der Waals surface area contributed by atoms with Gasteiger partial charge in [0.1, 0.15) is 12.3 Å². The Labute approximate surface area is 147 Å². The number of anilines is 2. The van der Waals surface area contributed by atoms with Crippen molar-refractivity contribution in [3.63, 3.8) is 0 Å². The molecule has 0 unspecified atom stereocenters. The second-order valence-electron chi connectivity index (χ2n) is 6.27. The van der Waals surface area contributed by atoms with E-state index in [1.54, 1.807) is 6.07 Å². The Bertz CT molecular complexity index is 816. The van der Waals surface area contributed by atoms with Gasteiger partial charge in [0.15, 0.2) is 6.10 Å². The highest BCUT2D eigenvalue weighted by Crippen LogP contribution is 2.30. The minimum absolute atomic E-state index is 0.00249. The van der Waals surface area contributed by atoms with Gasteiger partial charge in [0.05, 0.1) is 11.4 Å². The van der Waals surface area contributed by atoms with Crippen LogP contribution in [0.15, 0.2) is 42.5 Å². The van der Waals surface area contributed by atoms with E-state index in [0.29, 0.717) is 23.5 Å². The molecule has 0 aliphatic carbocycles. The lowest BCUT2D eigenvalue weighted by Gasteiger charge is -2.32. The van der Waals surface area contributed by atoms with Crippen LogP contribution in [0, 0.1) is 13.8 Å². The maximum absolute atomic E-state index is 13.1. The zero-order chi connectivity index (χ0) is 18.0. The van der Waals surface area contributed by atoms with Crippen LogP contribution in [0.3, 0.4) is 0 Å². The number of para-hydroxylation sites is 2. The van der Waals surface area contributed by atoms with Crippen molar-refractivity contribution in [2.45, 2.75) is 33.3 Å². The first-order valence-electron chi connectivity index (χ1n) is 8.43. The second kappa shape index (κ2) is 6.97.